The molecule has 7 heteroatoms. The van der Waals surface area contributed by atoms with Crippen molar-refractivity contribution in [3.8, 4) is 0 Å². The number of likely N-dealkylation sites (tertiary alicyclic amines) is 1. The van der Waals surface area contributed by atoms with Crippen LogP contribution in [0.4, 0.5) is 0 Å². The Morgan fingerprint density at radius 2 is 2.04 bits per heavy atom. The van der Waals surface area contributed by atoms with E-state index in [0.717, 1.165) is 56.2 Å². The van der Waals surface area contributed by atoms with Gasteiger partial charge in [0.1, 0.15) is 0 Å². The molecule has 0 aromatic carbocycles. The lowest BCUT2D eigenvalue weighted by Gasteiger charge is -2.33. The lowest BCUT2D eigenvalue weighted by Crippen LogP contribution is -2.39. The molecule has 1 aliphatic heterocycles. The van der Waals surface area contributed by atoms with E-state index in [0.29, 0.717) is 11.6 Å². The third-order valence-electron chi connectivity index (χ3n) is 4.98. The van der Waals surface area contributed by atoms with E-state index < -0.39 is 0 Å². The Morgan fingerprint density at radius 3 is 2.60 bits per heavy atom. The van der Waals surface area contributed by atoms with Crippen molar-refractivity contribution in [1.82, 2.24) is 24.7 Å². The summed E-state index contributed by atoms with van der Waals surface area (Å²) in [6.07, 6.45) is 2.18. The van der Waals surface area contributed by atoms with Gasteiger partial charge in [-0.15, -0.1) is 0 Å². The molecule has 1 amide bonds. The van der Waals surface area contributed by atoms with Crippen LogP contribution in [0, 0.1) is 19.8 Å². The largest absolute Gasteiger partial charge is 0.360 e. The second-order valence-electron chi connectivity index (χ2n) is 7.13. The van der Waals surface area contributed by atoms with Crippen LogP contribution in [0.15, 0.2) is 16.7 Å². The molecule has 3 heterocycles. The molecule has 2 aromatic rings. The Bertz CT molecular complexity index is 708. The first kappa shape index (κ1) is 17.7. The number of aryl methyl sites for hydroxylation is 3. The van der Waals surface area contributed by atoms with Crippen LogP contribution in [0.25, 0.3) is 0 Å². The van der Waals surface area contributed by atoms with Gasteiger partial charge in [0.2, 0.25) is 0 Å². The van der Waals surface area contributed by atoms with Gasteiger partial charge in [0, 0.05) is 32.4 Å². The molecule has 3 rings (SSSR count). The van der Waals surface area contributed by atoms with E-state index in [1.54, 1.807) is 4.68 Å². The smallest absolute Gasteiger partial charge is 0.274 e. The van der Waals surface area contributed by atoms with Crippen molar-refractivity contribution in [2.75, 3.05) is 26.7 Å². The molecule has 0 aliphatic carbocycles. The second-order valence-corrected chi connectivity index (χ2v) is 7.13. The standard InChI is InChI=1S/C18H27N5O2/c1-13-9-16(25-20-13)12-23-7-5-15(6-8-23)11-21(3)18(24)17-10-14(2)22(4)19-17/h9-10,15H,5-8,11-12H2,1-4H3. The Labute approximate surface area is 148 Å². The minimum absolute atomic E-state index is 0.00302. The van der Waals surface area contributed by atoms with Crippen molar-refractivity contribution in [1.29, 1.82) is 0 Å². The molecule has 0 radical (unpaired) electrons. The lowest BCUT2D eigenvalue weighted by atomic mass is 9.96. The zero-order chi connectivity index (χ0) is 18.0. The SMILES string of the molecule is Cc1cc(CN2CCC(CN(C)C(=O)c3cc(C)n(C)n3)CC2)on1. The van der Waals surface area contributed by atoms with Crippen molar-refractivity contribution in [2.24, 2.45) is 13.0 Å². The monoisotopic (exact) mass is 345 g/mol. The molecule has 7 nitrogen and oxygen atoms in total. The number of nitrogens with zero attached hydrogens (tertiary/aromatic N) is 5. The molecule has 0 N–H and O–H groups in total. The third-order valence-corrected chi connectivity index (χ3v) is 4.98. The maximum absolute atomic E-state index is 12.5. The highest BCUT2D eigenvalue weighted by atomic mass is 16.5. The van der Waals surface area contributed by atoms with E-state index >= 15 is 0 Å². The van der Waals surface area contributed by atoms with Gasteiger partial charge in [-0.05, 0) is 51.8 Å². The van der Waals surface area contributed by atoms with Crippen molar-refractivity contribution < 1.29 is 9.32 Å². The Balaban J connectivity index is 1.47. The maximum Gasteiger partial charge on any atom is 0.274 e. The summed E-state index contributed by atoms with van der Waals surface area (Å²) in [6, 6.07) is 3.84. The van der Waals surface area contributed by atoms with Gasteiger partial charge in [0.15, 0.2) is 11.5 Å². The summed E-state index contributed by atoms with van der Waals surface area (Å²) in [5.41, 5.74) is 2.45. The molecule has 0 spiro atoms. The van der Waals surface area contributed by atoms with Crippen molar-refractivity contribution >= 4 is 5.91 Å². The van der Waals surface area contributed by atoms with Gasteiger partial charge in [0.25, 0.3) is 5.91 Å². The van der Waals surface area contributed by atoms with Crippen LogP contribution < -0.4 is 0 Å². The number of hydrogen-bond donors (Lipinski definition) is 0. The summed E-state index contributed by atoms with van der Waals surface area (Å²) in [6.45, 7) is 7.54. The quantitative estimate of drug-likeness (QED) is 0.829. The average Bonchev–Trinajstić information content (AvgIpc) is 3.14. The van der Waals surface area contributed by atoms with Crippen LogP contribution >= 0.6 is 0 Å². The van der Waals surface area contributed by atoms with Gasteiger partial charge < -0.3 is 9.42 Å². The number of hydrogen-bond acceptors (Lipinski definition) is 5. The third kappa shape index (κ3) is 4.28. The molecule has 136 valence electrons. The molecule has 0 bridgehead atoms. The maximum atomic E-state index is 12.5. The van der Waals surface area contributed by atoms with Crippen LogP contribution in [0.5, 0.6) is 0 Å². The normalized spacial score (nSPS) is 16.3. The van der Waals surface area contributed by atoms with Crippen LogP contribution in [0.3, 0.4) is 0 Å². The van der Waals surface area contributed by atoms with E-state index in [2.05, 4.69) is 15.2 Å². The van der Waals surface area contributed by atoms with Crippen molar-refractivity contribution in [3.63, 3.8) is 0 Å². The first-order valence-electron chi connectivity index (χ1n) is 8.83. The fourth-order valence-corrected chi connectivity index (χ4v) is 3.37. The first-order chi connectivity index (χ1) is 11.9. The molecule has 0 atom stereocenters. The lowest BCUT2D eigenvalue weighted by molar-refractivity contribution is 0.0727. The van der Waals surface area contributed by atoms with Crippen LogP contribution in [-0.4, -0.2) is 57.3 Å². The van der Waals surface area contributed by atoms with Crippen LogP contribution in [0.2, 0.25) is 0 Å². The van der Waals surface area contributed by atoms with Crippen LogP contribution in [0.1, 0.15) is 40.5 Å². The number of rotatable bonds is 5. The summed E-state index contributed by atoms with van der Waals surface area (Å²) in [5, 5.41) is 8.23. The molecular weight excluding hydrogens is 318 g/mol. The zero-order valence-corrected chi connectivity index (χ0v) is 15.5. The molecule has 25 heavy (non-hydrogen) atoms. The van der Waals surface area contributed by atoms with Gasteiger partial charge >= 0.3 is 0 Å². The fraction of sp³-hybridized carbons (Fsp3) is 0.611. The zero-order valence-electron chi connectivity index (χ0n) is 15.5. The minimum Gasteiger partial charge on any atom is -0.360 e. The average molecular weight is 345 g/mol. The molecule has 2 aromatic heterocycles. The number of carbonyl (C=O) groups is 1. The number of piperidine rings is 1. The second kappa shape index (κ2) is 7.39. The highest BCUT2D eigenvalue weighted by molar-refractivity contribution is 5.92. The van der Waals surface area contributed by atoms with Gasteiger partial charge in [-0.3, -0.25) is 14.4 Å². The van der Waals surface area contributed by atoms with Gasteiger partial charge in [-0.2, -0.15) is 5.10 Å². The number of aromatic nitrogens is 3. The van der Waals surface area contributed by atoms with E-state index in [1.807, 2.05) is 45.0 Å². The van der Waals surface area contributed by atoms with Gasteiger partial charge in [-0.1, -0.05) is 5.16 Å². The predicted octanol–water partition coefficient (Wildman–Crippen LogP) is 2.01. The fourth-order valence-electron chi connectivity index (χ4n) is 3.37. The van der Waals surface area contributed by atoms with E-state index in [4.69, 9.17) is 4.52 Å². The van der Waals surface area contributed by atoms with Crippen molar-refractivity contribution in [3.05, 3.63) is 35.0 Å². The Hall–Kier alpha value is -2.15. The predicted molar refractivity (Wildman–Crippen MR) is 94.1 cm³/mol. The molecular formula is C18H27N5O2. The minimum atomic E-state index is 0.00302. The highest BCUT2D eigenvalue weighted by Gasteiger charge is 2.24. The summed E-state index contributed by atoms with van der Waals surface area (Å²) in [5.74, 6) is 1.46. The molecule has 1 fully saturated rings. The molecule has 0 saturated carbocycles. The van der Waals surface area contributed by atoms with Crippen molar-refractivity contribution in [2.45, 2.75) is 33.2 Å². The summed E-state index contributed by atoms with van der Waals surface area (Å²) >= 11 is 0. The summed E-state index contributed by atoms with van der Waals surface area (Å²) < 4.78 is 7.04. The Kier molecular flexibility index (Phi) is 5.22. The van der Waals surface area contributed by atoms with Crippen LogP contribution in [-0.2, 0) is 13.6 Å². The number of carbonyl (C=O) groups excluding carboxylic acids is 1. The van der Waals surface area contributed by atoms with Gasteiger partial charge in [0.05, 0.1) is 12.2 Å². The topological polar surface area (TPSA) is 67.4 Å². The molecule has 0 unspecified atom stereocenters. The number of amides is 1. The van der Waals surface area contributed by atoms with E-state index in [9.17, 15) is 4.79 Å². The highest BCUT2D eigenvalue weighted by Crippen LogP contribution is 2.20. The summed E-state index contributed by atoms with van der Waals surface area (Å²) in [7, 11) is 3.73. The van der Waals surface area contributed by atoms with E-state index in [-0.39, 0.29) is 5.91 Å². The van der Waals surface area contributed by atoms with Gasteiger partial charge in [-0.25, -0.2) is 0 Å². The first-order valence-corrected chi connectivity index (χ1v) is 8.83. The van der Waals surface area contributed by atoms with E-state index in [1.165, 1.54) is 0 Å². The molecule has 1 aliphatic rings. The Morgan fingerprint density at radius 1 is 1.32 bits per heavy atom. The molecule has 1 saturated heterocycles. The summed E-state index contributed by atoms with van der Waals surface area (Å²) in [4.78, 5) is 16.7.